The van der Waals surface area contributed by atoms with E-state index in [4.69, 9.17) is 23.2 Å². The third-order valence-electron chi connectivity index (χ3n) is 2.05. The Morgan fingerprint density at radius 1 is 1.17 bits per heavy atom. The summed E-state index contributed by atoms with van der Waals surface area (Å²) in [6.45, 7) is 0. The van der Waals surface area contributed by atoms with Crippen LogP contribution in [-0.4, -0.2) is 15.9 Å². The second-order valence-electron chi connectivity index (χ2n) is 3.28. The van der Waals surface area contributed by atoms with Crippen molar-refractivity contribution in [2.45, 2.75) is 0 Å². The molecule has 1 amide bonds. The number of halogens is 3. The lowest BCUT2D eigenvalue weighted by Gasteiger charge is -2.07. The summed E-state index contributed by atoms with van der Waals surface area (Å²) in [7, 11) is 0. The van der Waals surface area contributed by atoms with Crippen molar-refractivity contribution in [2.24, 2.45) is 0 Å². The Hall–Kier alpha value is -1.17. The molecule has 1 heterocycles. The van der Waals surface area contributed by atoms with E-state index in [0.29, 0.717) is 10.4 Å². The largest absolute Gasteiger partial charge is 0.305 e. The number of anilines is 1. The van der Waals surface area contributed by atoms with Crippen LogP contribution in [-0.2, 0) is 0 Å². The normalized spacial score (nSPS) is 10.2. The van der Waals surface area contributed by atoms with Crippen LogP contribution in [0.1, 0.15) is 10.4 Å². The van der Waals surface area contributed by atoms with Gasteiger partial charge in [0, 0.05) is 0 Å². The number of nitrogens with zero attached hydrogens (tertiary/aromatic N) is 2. The second-order valence-corrected chi connectivity index (χ2v) is 4.90. The molecule has 1 N–H and O–H groups in total. The molecule has 1 aromatic carbocycles. The van der Waals surface area contributed by atoms with Crippen molar-refractivity contribution in [3.8, 4) is 0 Å². The molecule has 0 unspecified atom stereocenters. The minimum Gasteiger partial charge on any atom is -0.305 e. The van der Waals surface area contributed by atoms with E-state index < -0.39 is 5.91 Å². The number of amides is 1. The van der Waals surface area contributed by atoms with Gasteiger partial charge in [0.15, 0.2) is 5.82 Å². The first kappa shape index (κ1) is 13.3. The topological polar surface area (TPSA) is 54.9 Å². The maximum absolute atomic E-state index is 12.0. The Balaban J connectivity index is 2.25. The van der Waals surface area contributed by atoms with Crippen LogP contribution in [0.3, 0.4) is 0 Å². The molecule has 0 saturated carbocycles. The maximum atomic E-state index is 12.0. The average molecular weight is 347 g/mol. The van der Waals surface area contributed by atoms with Crippen molar-refractivity contribution in [3.63, 3.8) is 0 Å². The van der Waals surface area contributed by atoms with Gasteiger partial charge >= 0.3 is 0 Å². The van der Waals surface area contributed by atoms with E-state index >= 15 is 0 Å². The Kier molecular flexibility index (Phi) is 4.16. The molecule has 92 valence electrons. The van der Waals surface area contributed by atoms with Gasteiger partial charge < -0.3 is 5.32 Å². The number of rotatable bonds is 2. The molecule has 0 bridgehead atoms. The van der Waals surface area contributed by atoms with Crippen LogP contribution in [0, 0.1) is 0 Å². The third kappa shape index (κ3) is 2.98. The van der Waals surface area contributed by atoms with E-state index in [-0.39, 0.29) is 15.6 Å². The number of carbonyl (C=O) groups excluding carboxylic acids is 1. The lowest BCUT2D eigenvalue weighted by Crippen LogP contribution is -2.14. The van der Waals surface area contributed by atoms with Gasteiger partial charge in [-0.25, -0.2) is 9.97 Å². The second kappa shape index (κ2) is 5.65. The lowest BCUT2D eigenvalue weighted by atomic mass is 10.2. The van der Waals surface area contributed by atoms with Gasteiger partial charge in [0.05, 0.1) is 28.0 Å². The summed E-state index contributed by atoms with van der Waals surface area (Å²) in [4.78, 5) is 19.9. The van der Waals surface area contributed by atoms with Crippen molar-refractivity contribution in [2.75, 3.05) is 5.32 Å². The highest BCUT2D eigenvalue weighted by Crippen LogP contribution is 2.24. The predicted molar refractivity (Wildman–Crippen MR) is 74.1 cm³/mol. The molecule has 0 saturated heterocycles. The van der Waals surface area contributed by atoms with Gasteiger partial charge in [0.25, 0.3) is 5.91 Å². The van der Waals surface area contributed by atoms with Crippen molar-refractivity contribution >= 4 is 50.9 Å². The van der Waals surface area contributed by atoms with E-state index in [0.717, 1.165) is 0 Å². The van der Waals surface area contributed by atoms with E-state index in [9.17, 15) is 4.79 Å². The summed E-state index contributed by atoms with van der Waals surface area (Å²) in [6, 6.07) is 4.85. The fourth-order valence-corrected chi connectivity index (χ4v) is 2.04. The van der Waals surface area contributed by atoms with Crippen LogP contribution in [0.2, 0.25) is 10.0 Å². The molecule has 0 spiro atoms. The summed E-state index contributed by atoms with van der Waals surface area (Å²) in [5, 5.41) is 3.13. The average Bonchev–Trinajstić information content (AvgIpc) is 2.32. The molecule has 0 radical (unpaired) electrons. The summed E-state index contributed by atoms with van der Waals surface area (Å²) in [5.41, 5.74) is 0.213. The van der Waals surface area contributed by atoms with Gasteiger partial charge in [-0.15, -0.1) is 0 Å². The number of aromatic nitrogens is 2. The Morgan fingerprint density at radius 3 is 2.39 bits per heavy atom. The highest BCUT2D eigenvalue weighted by molar-refractivity contribution is 9.10. The molecule has 0 aliphatic carbocycles. The first-order valence-corrected chi connectivity index (χ1v) is 6.35. The predicted octanol–water partition coefficient (Wildman–Crippen LogP) is 3.80. The molecule has 2 rings (SSSR count). The molecule has 0 fully saturated rings. The maximum Gasteiger partial charge on any atom is 0.259 e. The number of carbonyl (C=O) groups is 1. The van der Waals surface area contributed by atoms with E-state index in [2.05, 4.69) is 31.2 Å². The number of hydrogen-bond acceptors (Lipinski definition) is 3. The molecule has 0 atom stereocenters. The van der Waals surface area contributed by atoms with Crippen LogP contribution in [0.5, 0.6) is 0 Å². The fourth-order valence-electron chi connectivity index (χ4n) is 1.27. The fraction of sp³-hybridized carbons (Fsp3) is 0. The summed E-state index contributed by atoms with van der Waals surface area (Å²) >= 11 is 15.0. The van der Waals surface area contributed by atoms with Gasteiger partial charge in [-0.2, -0.15) is 0 Å². The van der Waals surface area contributed by atoms with Gasteiger partial charge in [-0.05, 0) is 28.1 Å². The molecule has 2 aromatic rings. The molecule has 0 aliphatic rings. The first-order chi connectivity index (χ1) is 8.58. The van der Waals surface area contributed by atoms with Crippen LogP contribution >= 0.6 is 39.1 Å². The highest BCUT2D eigenvalue weighted by atomic mass is 79.9. The van der Waals surface area contributed by atoms with Crippen LogP contribution in [0.25, 0.3) is 0 Å². The molecular weight excluding hydrogens is 341 g/mol. The minimum atomic E-state index is -0.428. The molecule has 7 heteroatoms. The number of benzene rings is 1. The van der Waals surface area contributed by atoms with Crippen molar-refractivity contribution in [1.82, 2.24) is 9.97 Å². The zero-order valence-corrected chi connectivity index (χ0v) is 11.9. The number of nitrogens with one attached hydrogen (secondary N) is 1. The van der Waals surface area contributed by atoms with E-state index in [1.165, 1.54) is 12.4 Å². The molecular formula is C11H6BrCl2N3O. The zero-order chi connectivity index (χ0) is 13.1. The van der Waals surface area contributed by atoms with Crippen LogP contribution in [0.15, 0.2) is 35.2 Å². The summed E-state index contributed by atoms with van der Waals surface area (Å²) in [6.07, 6.45) is 2.90. The van der Waals surface area contributed by atoms with Crippen LogP contribution < -0.4 is 5.32 Å². The monoisotopic (exact) mass is 345 g/mol. The SMILES string of the molecule is O=C(Nc1cnc(Br)cn1)c1c(Cl)cccc1Cl. The summed E-state index contributed by atoms with van der Waals surface area (Å²) < 4.78 is 0.580. The quantitative estimate of drug-likeness (QED) is 0.899. The van der Waals surface area contributed by atoms with Gasteiger partial charge in [-0.1, -0.05) is 29.3 Å². The summed E-state index contributed by atoms with van der Waals surface area (Å²) in [5.74, 6) is -0.110. The van der Waals surface area contributed by atoms with Gasteiger partial charge in [0.2, 0.25) is 0 Å². The smallest absolute Gasteiger partial charge is 0.259 e. The molecule has 18 heavy (non-hydrogen) atoms. The van der Waals surface area contributed by atoms with Gasteiger partial charge in [-0.3, -0.25) is 4.79 Å². The standard InChI is InChI=1S/C11H6BrCl2N3O/c12-8-4-16-9(5-15-8)17-11(18)10-6(13)2-1-3-7(10)14/h1-5H,(H,16,17,18). The zero-order valence-electron chi connectivity index (χ0n) is 8.82. The van der Waals surface area contributed by atoms with Gasteiger partial charge in [0.1, 0.15) is 4.60 Å². The van der Waals surface area contributed by atoms with Crippen molar-refractivity contribution in [3.05, 3.63) is 50.8 Å². The number of hydrogen-bond donors (Lipinski definition) is 1. The Bertz CT molecular complexity index is 569. The molecule has 1 aromatic heterocycles. The minimum absolute atomic E-state index is 0.213. The Morgan fingerprint density at radius 2 is 1.83 bits per heavy atom. The Labute approximate surface area is 121 Å². The first-order valence-electron chi connectivity index (χ1n) is 4.81. The third-order valence-corrected chi connectivity index (χ3v) is 3.09. The lowest BCUT2D eigenvalue weighted by molar-refractivity contribution is 0.102. The van der Waals surface area contributed by atoms with Crippen LogP contribution in [0.4, 0.5) is 5.82 Å². The van der Waals surface area contributed by atoms with Crippen molar-refractivity contribution in [1.29, 1.82) is 0 Å². The van der Waals surface area contributed by atoms with E-state index in [1.54, 1.807) is 18.2 Å². The highest BCUT2D eigenvalue weighted by Gasteiger charge is 2.15. The molecule has 4 nitrogen and oxygen atoms in total. The molecule has 0 aliphatic heterocycles. The van der Waals surface area contributed by atoms with E-state index in [1.807, 2.05) is 0 Å². The van der Waals surface area contributed by atoms with Crippen molar-refractivity contribution < 1.29 is 4.79 Å².